The van der Waals surface area contributed by atoms with Crippen LogP contribution in [0.5, 0.6) is 0 Å². The highest BCUT2D eigenvalue weighted by Crippen LogP contribution is 2.17. The predicted octanol–water partition coefficient (Wildman–Crippen LogP) is 4.67. The van der Waals surface area contributed by atoms with Gasteiger partial charge in [0.1, 0.15) is 0 Å². The first-order valence-electron chi connectivity index (χ1n) is 7.60. The summed E-state index contributed by atoms with van der Waals surface area (Å²) in [7, 11) is 0. The molecule has 2 nitrogen and oxygen atoms in total. The third-order valence-electron chi connectivity index (χ3n) is 3.44. The Hall–Kier alpha value is -0.0800. The third-order valence-corrected chi connectivity index (χ3v) is 3.44. The highest BCUT2D eigenvalue weighted by atomic mass is 16.7. The maximum Gasteiger partial charge on any atom is 0.158 e. The summed E-state index contributed by atoms with van der Waals surface area (Å²) in [5, 5.41) is 0. The Morgan fingerprint density at radius 3 is 2.00 bits per heavy atom. The van der Waals surface area contributed by atoms with Gasteiger partial charge in [-0.25, -0.2) is 0 Å². The molecule has 1 aliphatic heterocycles. The van der Waals surface area contributed by atoms with Gasteiger partial charge < -0.3 is 9.47 Å². The van der Waals surface area contributed by atoms with Crippen molar-refractivity contribution in [2.24, 2.45) is 0 Å². The van der Waals surface area contributed by atoms with E-state index < -0.39 is 0 Å². The highest BCUT2D eigenvalue weighted by molar-refractivity contribution is 4.60. The third kappa shape index (κ3) is 7.77. The Bertz CT molecular complexity index is 170. The number of hydrogen-bond acceptors (Lipinski definition) is 2. The standard InChI is InChI=1S/C15H30O2/c1-3-4-5-6-7-8-9-10-11-12-15-16-13-14(2)17-15/h14-15H,3-13H2,1-2H3/t14-,15+/m0/s1. The molecule has 0 aliphatic carbocycles. The fraction of sp³-hybridized carbons (Fsp3) is 1.00. The highest BCUT2D eigenvalue weighted by Gasteiger charge is 2.21. The molecule has 0 unspecified atom stereocenters. The zero-order valence-electron chi connectivity index (χ0n) is 11.7. The maximum atomic E-state index is 5.61. The summed E-state index contributed by atoms with van der Waals surface area (Å²) in [6.07, 6.45) is 13.9. The summed E-state index contributed by atoms with van der Waals surface area (Å²) in [6.45, 7) is 5.13. The van der Waals surface area contributed by atoms with Gasteiger partial charge in [0.25, 0.3) is 0 Å². The SMILES string of the molecule is CCCCCCCCCCC[C@@H]1OC[C@H](C)O1. The topological polar surface area (TPSA) is 18.5 Å². The average molecular weight is 242 g/mol. The van der Waals surface area contributed by atoms with E-state index in [0.29, 0.717) is 6.10 Å². The van der Waals surface area contributed by atoms with Crippen molar-refractivity contribution in [1.82, 2.24) is 0 Å². The Morgan fingerprint density at radius 1 is 0.882 bits per heavy atom. The molecular weight excluding hydrogens is 212 g/mol. The second kappa shape index (κ2) is 9.90. The predicted molar refractivity (Wildman–Crippen MR) is 72.1 cm³/mol. The Kier molecular flexibility index (Phi) is 8.72. The molecule has 2 heteroatoms. The molecule has 2 atom stereocenters. The summed E-state index contributed by atoms with van der Waals surface area (Å²) in [6, 6.07) is 0. The first kappa shape index (κ1) is 15.0. The van der Waals surface area contributed by atoms with Gasteiger partial charge in [-0.15, -0.1) is 0 Å². The lowest BCUT2D eigenvalue weighted by Crippen LogP contribution is -2.08. The van der Waals surface area contributed by atoms with Crippen molar-refractivity contribution in [1.29, 1.82) is 0 Å². The van der Waals surface area contributed by atoms with E-state index in [1.54, 1.807) is 0 Å². The van der Waals surface area contributed by atoms with Gasteiger partial charge in [-0.2, -0.15) is 0 Å². The van der Waals surface area contributed by atoms with Gasteiger partial charge >= 0.3 is 0 Å². The maximum absolute atomic E-state index is 5.61. The lowest BCUT2D eigenvalue weighted by atomic mass is 10.1. The molecule has 17 heavy (non-hydrogen) atoms. The smallest absolute Gasteiger partial charge is 0.158 e. The van der Waals surface area contributed by atoms with Crippen LogP contribution < -0.4 is 0 Å². The van der Waals surface area contributed by atoms with Crippen molar-refractivity contribution in [3.63, 3.8) is 0 Å². The van der Waals surface area contributed by atoms with Gasteiger partial charge in [-0.1, -0.05) is 58.3 Å². The Balaban J connectivity index is 1.75. The molecule has 0 aromatic rings. The van der Waals surface area contributed by atoms with E-state index in [1.807, 2.05) is 0 Å². The van der Waals surface area contributed by atoms with Gasteiger partial charge in [0.15, 0.2) is 6.29 Å². The molecule has 0 radical (unpaired) electrons. The molecule has 1 saturated heterocycles. The summed E-state index contributed by atoms with van der Waals surface area (Å²) >= 11 is 0. The number of ether oxygens (including phenoxy) is 2. The van der Waals surface area contributed by atoms with Gasteiger partial charge in [0, 0.05) is 0 Å². The molecule has 0 bridgehead atoms. The lowest BCUT2D eigenvalue weighted by Gasteiger charge is -2.09. The molecule has 0 amide bonds. The van der Waals surface area contributed by atoms with Crippen molar-refractivity contribution in [3.8, 4) is 0 Å². The van der Waals surface area contributed by atoms with Crippen LogP contribution in [0.2, 0.25) is 0 Å². The average Bonchev–Trinajstić information content (AvgIpc) is 2.73. The summed E-state index contributed by atoms with van der Waals surface area (Å²) < 4.78 is 11.1. The van der Waals surface area contributed by atoms with Crippen molar-refractivity contribution >= 4 is 0 Å². The first-order chi connectivity index (χ1) is 8.33. The van der Waals surface area contributed by atoms with Crippen molar-refractivity contribution < 1.29 is 9.47 Å². The van der Waals surface area contributed by atoms with Crippen molar-refractivity contribution in [2.45, 2.75) is 90.4 Å². The van der Waals surface area contributed by atoms with Crippen LogP contribution >= 0.6 is 0 Å². The summed E-state index contributed by atoms with van der Waals surface area (Å²) in [5.41, 5.74) is 0. The second-order valence-electron chi connectivity index (χ2n) is 5.33. The quantitative estimate of drug-likeness (QED) is 0.518. The molecule has 0 aromatic carbocycles. The molecule has 0 spiro atoms. The largest absolute Gasteiger partial charge is 0.350 e. The van der Waals surface area contributed by atoms with E-state index in [9.17, 15) is 0 Å². The number of hydrogen-bond donors (Lipinski definition) is 0. The minimum absolute atomic E-state index is 0.0922. The fourth-order valence-electron chi connectivity index (χ4n) is 2.35. The van der Waals surface area contributed by atoms with E-state index in [1.165, 1.54) is 57.8 Å². The van der Waals surface area contributed by atoms with Gasteiger partial charge in [-0.3, -0.25) is 0 Å². The van der Waals surface area contributed by atoms with Crippen LogP contribution in [-0.4, -0.2) is 19.0 Å². The zero-order valence-corrected chi connectivity index (χ0v) is 11.7. The van der Waals surface area contributed by atoms with E-state index in [4.69, 9.17) is 9.47 Å². The Morgan fingerprint density at radius 2 is 1.47 bits per heavy atom. The van der Waals surface area contributed by atoms with Crippen molar-refractivity contribution in [2.75, 3.05) is 6.61 Å². The molecule has 1 rings (SSSR count). The molecule has 1 fully saturated rings. The lowest BCUT2D eigenvalue weighted by molar-refractivity contribution is -0.0604. The molecular formula is C15H30O2. The normalized spacial score (nSPS) is 24.4. The first-order valence-corrected chi connectivity index (χ1v) is 7.60. The van der Waals surface area contributed by atoms with Crippen LogP contribution in [0.1, 0.15) is 78.1 Å². The fourth-order valence-corrected chi connectivity index (χ4v) is 2.35. The molecule has 0 aromatic heterocycles. The van der Waals surface area contributed by atoms with Gasteiger partial charge in [-0.05, 0) is 19.8 Å². The van der Waals surface area contributed by atoms with E-state index in [-0.39, 0.29) is 6.29 Å². The van der Waals surface area contributed by atoms with E-state index >= 15 is 0 Å². The molecule has 1 heterocycles. The second-order valence-corrected chi connectivity index (χ2v) is 5.33. The van der Waals surface area contributed by atoms with Crippen LogP contribution in [0, 0.1) is 0 Å². The molecule has 0 N–H and O–H groups in total. The minimum Gasteiger partial charge on any atom is -0.350 e. The molecule has 102 valence electrons. The van der Waals surface area contributed by atoms with Crippen LogP contribution in [0.4, 0.5) is 0 Å². The van der Waals surface area contributed by atoms with Crippen LogP contribution in [0.3, 0.4) is 0 Å². The van der Waals surface area contributed by atoms with Gasteiger partial charge in [0.2, 0.25) is 0 Å². The number of rotatable bonds is 10. The Labute approximate surface area is 107 Å². The number of unbranched alkanes of at least 4 members (excludes halogenated alkanes) is 8. The van der Waals surface area contributed by atoms with E-state index in [2.05, 4.69) is 13.8 Å². The summed E-state index contributed by atoms with van der Waals surface area (Å²) in [4.78, 5) is 0. The van der Waals surface area contributed by atoms with Crippen LogP contribution in [0.25, 0.3) is 0 Å². The van der Waals surface area contributed by atoms with Gasteiger partial charge in [0.05, 0.1) is 12.7 Å². The van der Waals surface area contributed by atoms with Crippen LogP contribution in [-0.2, 0) is 9.47 Å². The molecule has 0 saturated carbocycles. The summed E-state index contributed by atoms with van der Waals surface area (Å²) in [5.74, 6) is 0. The monoisotopic (exact) mass is 242 g/mol. The van der Waals surface area contributed by atoms with E-state index in [0.717, 1.165) is 13.0 Å². The molecule has 1 aliphatic rings. The van der Waals surface area contributed by atoms with Crippen molar-refractivity contribution in [3.05, 3.63) is 0 Å². The minimum atomic E-state index is 0.0922. The van der Waals surface area contributed by atoms with Crippen LogP contribution in [0.15, 0.2) is 0 Å². The zero-order chi connectivity index (χ0) is 12.3.